The van der Waals surface area contributed by atoms with E-state index >= 15 is 0 Å². The number of hydrogen-bond acceptors (Lipinski definition) is 5. The van der Waals surface area contributed by atoms with Crippen LogP contribution in [0.15, 0.2) is 0 Å². The number of alkyl halides is 3. The maximum Gasteiger partial charge on any atom is 0.481 e. The van der Waals surface area contributed by atoms with Crippen molar-refractivity contribution in [3.63, 3.8) is 0 Å². The third-order valence-corrected chi connectivity index (χ3v) is 7.31. The van der Waals surface area contributed by atoms with Crippen LogP contribution in [0.3, 0.4) is 0 Å². The van der Waals surface area contributed by atoms with E-state index in [4.69, 9.17) is 25.2 Å². The van der Waals surface area contributed by atoms with Gasteiger partial charge < -0.3 is 4.79 Å². The zero-order valence-electron chi connectivity index (χ0n) is 9.53. The highest BCUT2D eigenvalue weighted by Gasteiger charge is 2.78. The molecule has 0 radical (unpaired) electrons. The number of carbonyl (C=O) groups excluding carboxylic acids is 1. The molecule has 2 unspecified atom stereocenters. The second-order valence-corrected chi connectivity index (χ2v) is 8.11. The first-order chi connectivity index (χ1) is 8.30. The Morgan fingerprint density at radius 3 is 2.39 bits per heavy atom. The molecule has 3 saturated heterocycles. The lowest BCUT2D eigenvalue weighted by atomic mass is 9.70. The van der Waals surface area contributed by atoms with E-state index in [9.17, 15) is 9.36 Å². The van der Waals surface area contributed by atoms with E-state index in [1.807, 2.05) is 0 Å². The average Bonchev–Trinajstić information content (AvgIpc) is 2.24. The van der Waals surface area contributed by atoms with Gasteiger partial charge in [0.25, 0.3) is 4.70 Å². The minimum absolute atomic E-state index is 0.277. The van der Waals surface area contributed by atoms with Gasteiger partial charge in [-0.15, -0.1) is 11.6 Å². The number of halogens is 3. The second-order valence-electron chi connectivity index (χ2n) is 4.45. The number of hydrogen-bond donors (Lipinski definition) is 0. The van der Waals surface area contributed by atoms with Gasteiger partial charge in [0.15, 0.2) is 0 Å². The van der Waals surface area contributed by atoms with Gasteiger partial charge in [-0.05, 0) is 35.7 Å². The quantitative estimate of drug-likeness (QED) is 0.382. The lowest BCUT2D eigenvalue weighted by Crippen LogP contribution is -2.69. The van der Waals surface area contributed by atoms with Crippen LogP contribution < -0.4 is 0 Å². The molecular formula is C9H12Br2ClO5P. The summed E-state index contributed by atoms with van der Waals surface area (Å²) in [5.41, 5.74) is -2.12. The molecule has 0 N–H and O–H groups in total. The monoisotopic (exact) mass is 424 g/mol. The molecule has 3 aliphatic rings. The highest BCUT2D eigenvalue weighted by Crippen LogP contribution is 2.80. The number of aldehydes is 1. The van der Waals surface area contributed by atoms with Crippen LogP contribution in [0.5, 0.6) is 0 Å². The summed E-state index contributed by atoms with van der Waals surface area (Å²) in [6, 6.07) is 0. The molecule has 0 aromatic rings. The molecule has 5 nitrogen and oxygen atoms in total. The molecule has 0 spiro atoms. The van der Waals surface area contributed by atoms with Crippen LogP contribution in [-0.2, 0) is 22.9 Å². The fourth-order valence-electron chi connectivity index (χ4n) is 2.32. The molecule has 0 aliphatic carbocycles. The number of fused-ring (bicyclic) bond motifs is 2. The van der Waals surface area contributed by atoms with Crippen LogP contribution in [0.4, 0.5) is 0 Å². The van der Waals surface area contributed by atoms with Crippen molar-refractivity contribution in [3.05, 3.63) is 0 Å². The van der Waals surface area contributed by atoms with Gasteiger partial charge in [-0.2, -0.15) is 0 Å². The predicted octanol–water partition coefficient (Wildman–Crippen LogP) is 3.58. The van der Waals surface area contributed by atoms with Gasteiger partial charge in [-0.25, -0.2) is 13.6 Å². The third-order valence-electron chi connectivity index (χ3n) is 3.54. The standard InChI is InChI=1S/C9H12Br2ClO5P/c1-7(6-13)8(2-4-10,3-5-12)15-18(14)16-9(7,11)17-18/h6H,2-5H2,1H3. The van der Waals surface area contributed by atoms with E-state index in [0.717, 1.165) is 0 Å². The Morgan fingerprint density at radius 1 is 1.33 bits per heavy atom. The van der Waals surface area contributed by atoms with Crippen LogP contribution >= 0.6 is 51.3 Å². The molecular weight excluding hydrogens is 414 g/mol. The molecule has 2 atom stereocenters. The van der Waals surface area contributed by atoms with Crippen molar-refractivity contribution in [3.8, 4) is 0 Å². The molecule has 3 fully saturated rings. The van der Waals surface area contributed by atoms with Crippen molar-refractivity contribution in [1.82, 2.24) is 0 Å². The normalized spacial score (nSPS) is 50.7. The first-order valence-electron chi connectivity index (χ1n) is 5.30. The smallest absolute Gasteiger partial charge is 0.302 e. The number of carbonyl (C=O) groups is 1. The highest BCUT2D eigenvalue weighted by molar-refractivity contribution is 9.10. The zero-order chi connectivity index (χ0) is 13.7. The van der Waals surface area contributed by atoms with Crippen molar-refractivity contribution < 1.29 is 22.9 Å². The van der Waals surface area contributed by atoms with Gasteiger partial charge >= 0.3 is 7.82 Å². The Labute approximate surface area is 127 Å². The van der Waals surface area contributed by atoms with Crippen molar-refractivity contribution in [1.29, 1.82) is 0 Å². The Kier molecular flexibility index (Phi) is 4.11. The first kappa shape index (κ1) is 15.4. The first-order valence-corrected chi connectivity index (χ1v) is 9.21. The number of phosphoric acid groups is 1. The summed E-state index contributed by atoms with van der Waals surface area (Å²) in [5, 5.41) is 0.580. The molecule has 0 aromatic carbocycles. The maximum atomic E-state index is 12.0. The Bertz CT molecular complexity index is 404. The molecule has 18 heavy (non-hydrogen) atoms. The molecule has 0 aromatic heterocycles. The average molecular weight is 426 g/mol. The van der Waals surface area contributed by atoms with Crippen molar-refractivity contribution in [2.45, 2.75) is 30.1 Å². The van der Waals surface area contributed by atoms with E-state index in [0.29, 0.717) is 24.5 Å². The zero-order valence-corrected chi connectivity index (χ0v) is 14.4. The summed E-state index contributed by atoms with van der Waals surface area (Å²) in [6.45, 7) is 1.65. The predicted molar refractivity (Wildman–Crippen MR) is 73.2 cm³/mol. The van der Waals surface area contributed by atoms with Crippen molar-refractivity contribution in [2.75, 3.05) is 11.2 Å². The van der Waals surface area contributed by atoms with Gasteiger partial charge in [0.1, 0.15) is 17.3 Å². The minimum Gasteiger partial charge on any atom is -0.302 e. The Hall–Kier alpha value is 1.03. The Morgan fingerprint density at radius 2 is 1.94 bits per heavy atom. The summed E-state index contributed by atoms with van der Waals surface area (Å²) in [5.74, 6) is 0.277. The molecule has 3 heterocycles. The summed E-state index contributed by atoms with van der Waals surface area (Å²) in [4.78, 5) is 11.6. The molecule has 104 valence electrons. The van der Waals surface area contributed by atoms with Gasteiger partial charge in [-0.3, -0.25) is 4.52 Å². The summed E-state index contributed by atoms with van der Waals surface area (Å²) >= 11 is 12.3. The molecule has 0 amide bonds. The van der Waals surface area contributed by atoms with Gasteiger partial charge in [-0.1, -0.05) is 15.9 Å². The van der Waals surface area contributed by atoms with Crippen LogP contribution in [0.1, 0.15) is 19.8 Å². The summed E-state index contributed by atoms with van der Waals surface area (Å²) in [6.07, 6.45) is 1.55. The van der Waals surface area contributed by atoms with Crippen LogP contribution in [0.25, 0.3) is 0 Å². The van der Waals surface area contributed by atoms with Crippen LogP contribution in [-0.4, -0.2) is 27.8 Å². The summed E-state index contributed by atoms with van der Waals surface area (Å²) in [7, 11) is -3.57. The van der Waals surface area contributed by atoms with E-state index in [1.54, 1.807) is 6.92 Å². The molecule has 3 aliphatic heterocycles. The largest absolute Gasteiger partial charge is 0.481 e. The number of rotatable bonds is 5. The summed E-state index contributed by atoms with van der Waals surface area (Å²) < 4.78 is 26.4. The van der Waals surface area contributed by atoms with Gasteiger partial charge in [0.05, 0.1) is 0 Å². The Balaban J connectivity index is 2.48. The SMILES string of the molecule is CC1(C=O)C(CCCl)(CCBr)OP2(=O)OC1(Br)O2. The second kappa shape index (κ2) is 4.79. The maximum absolute atomic E-state index is 12.0. The van der Waals surface area contributed by atoms with E-state index in [1.165, 1.54) is 0 Å². The lowest BCUT2D eigenvalue weighted by Gasteiger charge is -2.62. The van der Waals surface area contributed by atoms with E-state index in [-0.39, 0.29) is 5.88 Å². The fraction of sp³-hybridized carbons (Fsp3) is 0.889. The lowest BCUT2D eigenvalue weighted by molar-refractivity contribution is -0.299. The van der Waals surface area contributed by atoms with E-state index < -0.39 is 23.5 Å². The topological polar surface area (TPSA) is 61.8 Å². The van der Waals surface area contributed by atoms with Gasteiger partial charge in [0, 0.05) is 11.2 Å². The molecule has 0 saturated carbocycles. The van der Waals surface area contributed by atoms with Crippen LogP contribution in [0, 0.1) is 5.41 Å². The third kappa shape index (κ3) is 1.90. The minimum atomic E-state index is -3.57. The van der Waals surface area contributed by atoms with Crippen LogP contribution in [0.2, 0.25) is 0 Å². The molecule has 2 bridgehead atoms. The molecule has 9 heteroatoms. The van der Waals surface area contributed by atoms with Crippen molar-refractivity contribution in [2.24, 2.45) is 5.41 Å². The van der Waals surface area contributed by atoms with Crippen molar-refractivity contribution >= 4 is 57.6 Å². The molecule has 3 rings (SSSR count). The van der Waals surface area contributed by atoms with Gasteiger partial charge in [0.2, 0.25) is 0 Å². The fourth-order valence-corrected chi connectivity index (χ4v) is 6.63. The highest BCUT2D eigenvalue weighted by atomic mass is 79.9. The van der Waals surface area contributed by atoms with E-state index in [2.05, 4.69) is 31.9 Å². The number of phosphoric ester groups is 1.